The lowest BCUT2D eigenvalue weighted by Gasteiger charge is -2.39. The lowest BCUT2D eigenvalue weighted by molar-refractivity contribution is -0.212. The van der Waals surface area contributed by atoms with Crippen molar-refractivity contribution in [3.8, 4) is 0 Å². The molecule has 4 atom stereocenters. The highest BCUT2D eigenvalue weighted by atomic mass is 16.7. The molecule has 3 fully saturated rings. The van der Waals surface area contributed by atoms with Gasteiger partial charge < -0.3 is 9.47 Å². The van der Waals surface area contributed by atoms with Gasteiger partial charge in [0, 0.05) is 12.3 Å². The number of allylic oxidation sites excluding steroid dienone is 2. The first-order chi connectivity index (χ1) is 7.89. The van der Waals surface area contributed by atoms with Crippen molar-refractivity contribution < 1.29 is 9.47 Å². The van der Waals surface area contributed by atoms with Gasteiger partial charge in [-0.15, -0.1) is 0 Å². The summed E-state index contributed by atoms with van der Waals surface area (Å²) in [5.74, 6) is 2.89. The molecule has 16 heavy (non-hydrogen) atoms. The summed E-state index contributed by atoms with van der Waals surface area (Å²) in [6.07, 6.45) is 11.4. The van der Waals surface area contributed by atoms with Crippen LogP contribution in [0.25, 0.3) is 0 Å². The SMILES string of the molecule is C1=CC2CC1C1CCCCC3(OCCO3)C21. The maximum absolute atomic E-state index is 6.07. The predicted octanol–water partition coefficient (Wildman–Crippen LogP) is 2.74. The Morgan fingerprint density at radius 1 is 1.00 bits per heavy atom. The van der Waals surface area contributed by atoms with E-state index in [-0.39, 0.29) is 5.79 Å². The van der Waals surface area contributed by atoms with Crippen LogP contribution in [0.2, 0.25) is 0 Å². The fraction of sp³-hybridized carbons (Fsp3) is 0.857. The predicted molar refractivity (Wildman–Crippen MR) is 60.8 cm³/mol. The van der Waals surface area contributed by atoms with Crippen molar-refractivity contribution in [2.45, 2.75) is 37.9 Å². The molecule has 3 aliphatic carbocycles. The summed E-state index contributed by atoms with van der Waals surface area (Å²) in [7, 11) is 0. The van der Waals surface area contributed by atoms with Gasteiger partial charge in [0.2, 0.25) is 0 Å². The van der Waals surface area contributed by atoms with Crippen LogP contribution in [-0.2, 0) is 9.47 Å². The number of ether oxygens (including phenoxy) is 2. The quantitative estimate of drug-likeness (QED) is 0.584. The Morgan fingerprint density at radius 3 is 2.69 bits per heavy atom. The minimum absolute atomic E-state index is 0.189. The molecule has 0 aromatic rings. The fourth-order valence-corrected chi connectivity index (χ4v) is 4.70. The Hall–Kier alpha value is -0.340. The largest absolute Gasteiger partial charge is 0.347 e. The van der Waals surface area contributed by atoms with Crippen LogP contribution in [0.1, 0.15) is 32.1 Å². The van der Waals surface area contributed by atoms with Gasteiger partial charge in [0.05, 0.1) is 13.2 Å². The van der Waals surface area contributed by atoms with Gasteiger partial charge in [0.25, 0.3) is 0 Å². The molecule has 4 unspecified atom stereocenters. The zero-order valence-electron chi connectivity index (χ0n) is 9.73. The second-order valence-corrected chi connectivity index (χ2v) is 5.89. The molecule has 2 nitrogen and oxygen atoms in total. The minimum atomic E-state index is -0.189. The van der Waals surface area contributed by atoms with Gasteiger partial charge in [-0.1, -0.05) is 18.6 Å². The third kappa shape index (κ3) is 1.15. The smallest absolute Gasteiger partial charge is 0.172 e. The Labute approximate surface area is 97.0 Å². The van der Waals surface area contributed by atoms with E-state index in [0.717, 1.165) is 37.4 Å². The lowest BCUT2D eigenvalue weighted by atomic mass is 9.76. The van der Waals surface area contributed by atoms with E-state index in [1.165, 1.54) is 25.7 Å². The average molecular weight is 220 g/mol. The summed E-state index contributed by atoms with van der Waals surface area (Å²) in [4.78, 5) is 0. The Balaban J connectivity index is 1.73. The summed E-state index contributed by atoms with van der Waals surface area (Å²) >= 11 is 0. The summed E-state index contributed by atoms with van der Waals surface area (Å²) in [6, 6.07) is 0. The molecule has 0 aromatic carbocycles. The summed E-state index contributed by atoms with van der Waals surface area (Å²) in [5.41, 5.74) is 0. The van der Waals surface area contributed by atoms with Crippen molar-refractivity contribution in [3.05, 3.63) is 12.2 Å². The number of fused-ring (bicyclic) bond motifs is 6. The molecule has 1 spiro atoms. The molecule has 2 saturated carbocycles. The van der Waals surface area contributed by atoms with Gasteiger partial charge in [0.1, 0.15) is 0 Å². The van der Waals surface area contributed by atoms with Gasteiger partial charge in [-0.05, 0) is 37.0 Å². The number of rotatable bonds is 0. The van der Waals surface area contributed by atoms with Gasteiger partial charge in [-0.25, -0.2) is 0 Å². The van der Waals surface area contributed by atoms with Crippen molar-refractivity contribution in [1.82, 2.24) is 0 Å². The van der Waals surface area contributed by atoms with Gasteiger partial charge in [0.15, 0.2) is 5.79 Å². The number of hydrogen-bond donors (Lipinski definition) is 0. The van der Waals surface area contributed by atoms with E-state index in [0.29, 0.717) is 5.92 Å². The van der Waals surface area contributed by atoms with Crippen LogP contribution in [0, 0.1) is 23.7 Å². The van der Waals surface area contributed by atoms with Crippen molar-refractivity contribution in [1.29, 1.82) is 0 Å². The van der Waals surface area contributed by atoms with Crippen LogP contribution in [0.4, 0.5) is 0 Å². The molecular formula is C14H20O2. The van der Waals surface area contributed by atoms with Crippen LogP contribution in [0.15, 0.2) is 12.2 Å². The van der Waals surface area contributed by atoms with Gasteiger partial charge in [-0.3, -0.25) is 0 Å². The molecule has 1 saturated heterocycles. The zero-order valence-corrected chi connectivity index (χ0v) is 9.73. The second-order valence-electron chi connectivity index (χ2n) is 5.89. The molecule has 0 aromatic heterocycles. The van der Waals surface area contributed by atoms with Crippen molar-refractivity contribution >= 4 is 0 Å². The molecule has 1 aliphatic heterocycles. The molecule has 4 rings (SSSR count). The van der Waals surface area contributed by atoms with E-state index in [1.54, 1.807) is 0 Å². The van der Waals surface area contributed by atoms with Gasteiger partial charge >= 0.3 is 0 Å². The molecule has 88 valence electrons. The summed E-state index contributed by atoms with van der Waals surface area (Å²) in [6.45, 7) is 1.62. The van der Waals surface area contributed by atoms with Crippen LogP contribution in [0.3, 0.4) is 0 Å². The Morgan fingerprint density at radius 2 is 1.81 bits per heavy atom. The van der Waals surface area contributed by atoms with Crippen LogP contribution in [-0.4, -0.2) is 19.0 Å². The van der Waals surface area contributed by atoms with E-state index in [1.807, 2.05) is 0 Å². The third-order valence-corrected chi connectivity index (χ3v) is 5.22. The number of hydrogen-bond acceptors (Lipinski definition) is 2. The first-order valence-corrected chi connectivity index (χ1v) is 6.85. The third-order valence-electron chi connectivity index (χ3n) is 5.22. The lowest BCUT2D eigenvalue weighted by Crippen LogP contribution is -2.44. The van der Waals surface area contributed by atoms with Crippen molar-refractivity contribution in [2.75, 3.05) is 13.2 Å². The summed E-state index contributed by atoms with van der Waals surface area (Å²) < 4.78 is 12.1. The molecule has 4 aliphatic rings. The van der Waals surface area contributed by atoms with Crippen molar-refractivity contribution in [3.63, 3.8) is 0 Å². The minimum Gasteiger partial charge on any atom is -0.347 e. The highest BCUT2D eigenvalue weighted by Crippen LogP contribution is 2.58. The first-order valence-electron chi connectivity index (χ1n) is 6.85. The second kappa shape index (κ2) is 3.33. The van der Waals surface area contributed by atoms with Gasteiger partial charge in [-0.2, -0.15) is 0 Å². The van der Waals surface area contributed by atoms with Crippen molar-refractivity contribution in [2.24, 2.45) is 23.7 Å². The Bertz CT molecular complexity index is 317. The van der Waals surface area contributed by atoms with E-state index < -0.39 is 0 Å². The first kappa shape index (κ1) is 9.67. The molecule has 2 heteroatoms. The van der Waals surface area contributed by atoms with Crippen LogP contribution in [0.5, 0.6) is 0 Å². The van der Waals surface area contributed by atoms with E-state index >= 15 is 0 Å². The Kier molecular flexibility index (Phi) is 2.01. The summed E-state index contributed by atoms with van der Waals surface area (Å²) in [5, 5.41) is 0. The maximum Gasteiger partial charge on any atom is 0.172 e. The monoisotopic (exact) mass is 220 g/mol. The van der Waals surface area contributed by atoms with Crippen LogP contribution < -0.4 is 0 Å². The van der Waals surface area contributed by atoms with E-state index in [2.05, 4.69) is 12.2 Å². The zero-order chi connectivity index (χ0) is 10.6. The topological polar surface area (TPSA) is 18.5 Å². The molecular weight excluding hydrogens is 200 g/mol. The molecule has 2 bridgehead atoms. The molecule has 0 amide bonds. The molecule has 0 N–H and O–H groups in total. The van der Waals surface area contributed by atoms with E-state index in [4.69, 9.17) is 9.47 Å². The van der Waals surface area contributed by atoms with E-state index in [9.17, 15) is 0 Å². The van der Waals surface area contributed by atoms with Crippen LogP contribution >= 0.6 is 0 Å². The maximum atomic E-state index is 6.07. The highest BCUT2D eigenvalue weighted by molar-refractivity contribution is 5.17. The molecule has 1 heterocycles. The molecule has 0 radical (unpaired) electrons. The highest BCUT2D eigenvalue weighted by Gasteiger charge is 2.57. The fourth-order valence-electron chi connectivity index (χ4n) is 4.70. The average Bonchev–Trinajstić information content (AvgIpc) is 2.95. The normalized spacial score (nSPS) is 48.5. The standard InChI is InChI=1S/C14H20O2/c1-2-6-14(15-7-8-16-14)13-11-5-4-10(9-11)12(13)3-1/h4-5,10-13H,1-3,6-9H2.